The van der Waals surface area contributed by atoms with E-state index in [2.05, 4.69) is 5.32 Å². The molecule has 26 heavy (non-hydrogen) atoms. The van der Waals surface area contributed by atoms with Crippen molar-refractivity contribution < 1.29 is 19.0 Å². The minimum Gasteiger partial charge on any atom is -0.493 e. The second kappa shape index (κ2) is 6.83. The van der Waals surface area contributed by atoms with Gasteiger partial charge in [-0.05, 0) is 54.5 Å². The molecule has 1 aromatic carbocycles. The summed E-state index contributed by atoms with van der Waals surface area (Å²) in [5, 5.41) is 4.11. The molecule has 6 heteroatoms. The summed E-state index contributed by atoms with van der Waals surface area (Å²) in [5.41, 5.74) is 3.76. The number of rotatable bonds is 4. The maximum Gasteiger partial charge on any atom is 0.225 e. The van der Waals surface area contributed by atoms with Gasteiger partial charge in [0.1, 0.15) is 0 Å². The molecular weight excluding hydrogens is 350 g/mol. The van der Waals surface area contributed by atoms with Crippen molar-refractivity contribution in [3.05, 3.63) is 33.7 Å². The van der Waals surface area contributed by atoms with Crippen molar-refractivity contribution >= 4 is 22.2 Å². The number of hydrogen-bond donors (Lipinski definition) is 1. The van der Waals surface area contributed by atoms with E-state index in [0.29, 0.717) is 23.7 Å². The first kappa shape index (κ1) is 17.2. The maximum absolute atomic E-state index is 12.4. The lowest BCUT2D eigenvalue weighted by atomic mass is 9.81. The number of fused-ring (bicyclic) bond motifs is 3. The van der Waals surface area contributed by atoms with Crippen LogP contribution in [0.1, 0.15) is 46.7 Å². The van der Waals surface area contributed by atoms with Gasteiger partial charge >= 0.3 is 0 Å². The Morgan fingerprint density at radius 2 is 1.73 bits per heavy atom. The van der Waals surface area contributed by atoms with Gasteiger partial charge in [0.25, 0.3) is 0 Å². The van der Waals surface area contributed by atoms with E-state index >= 15 is 0 Å². The van der Waals surface area contributed by atoms with Crippen LogP contribution in [0.5, 0.6) is 17.2 Å². The highest BCUT2D eigenvalue weighted by Gasteiger charge is 2.34. The first-order valence-corrected chi connectivity index (χ1v) is 9.72. The Labute approximate surface area is 157 Å². The van der Waals surface area contributed by atoms with Crippen molar-refractivity contribution in [2.24, 2.45) is 0 Å². The molecule has 5 nitrogen and oxygen atoms in total. The molecule has 0 spiro atoms. The second-order valence-corrected chi connectivity index (χ2v) is 7.82. The van der Waals surface area contributed by atoms with Crippen LogP contribution in [0.15, 0.2) is 12.1 Å². The summed E-state index contributed by atoms with van der Waals surface area (Å²) in [6.07, 6.45) is 5.10. The zero-order chi connectivity index (χ0) is 18.3. The SMILES string of the molecule is COc1cc(C2CC(=O)Nc3sc4c(c32)CCCC4)cc(OC)c1OC. The number of ether oxygens (including phenoxy) is 3. The van der Waals surface area contributed by atoms with Crippen molar-refractivity contribution in [3.63, 3.8) is 0 Å². The Bertz CT molecular complexity index is 833. The van der Waals surface area contributed by atoms with Crippen molar-refractivity contribution in [2.45, 2.75) is 38.0 Å². The van der Waals surface area contributed by atoms with E-state index in [4.69, 9.17) is 14.2 Å². The largest absolute Gasteiger partial charge is 0.493 e. The number of thiophene rings is 1. The summed E-state index contributed by atoms with van der Waals surface area (Å²) in [7, 11) is 4.83. The molecule has 1 aliphatic heterocycles. The minimum absolute atomic E-state index is 0.0190. The van der Waals surface area contributed by atoms with Crippen molar-refractivity contribution in [1.29, 1.82) is 0 Å². The average Bonchev–Trinajstić information content (AvgIpc) is 3.04. The van der Waals surface area contributed by atoms with Crippen LogP contribution < -0.4 is 19.5 Å². The number of aryl methyl sites for hydroxylation is 1. The van der Waals surface area contributed by atoms with E-state index in [1.807, 2.05) is 12.1 Å². The van der Waals surface area contributed by atoms with E-state index in [-0.39, 0.29) is 11.8 Å². The standard InChI is InChI=1S/C20H23NO4S/c1-23-14-8-11(9-15(24-2)19(14)25-3)13-10-17(22)21-20-18(13)12-6-4-5-7-16(12)26-20/h8-9,13H,4-7,10H2,1-3H3,(H,21,22). The molecule has 2 heterocycles. The summed E-state index contributed by atoms with van der Waals surface area (Å²) in [5.74, 6) is 1.91. The average molecular weight is 373 g/mol. The van der Waals surface area contributed by atoms with E-state index in [9.17, 15) is 4.79 Å². The highest BCUT2D eigenvalue weighted by atomic mass is 32.1. The molecule has 1 amide bonds. The minimum atomic E-state index is 0.0190. The molecule has 0 radical (unpaired) electrons. The summed E-state index contributed by atoms with van der Waals surface area (Å²) in [4.78, 5) is 13.8. The van der Waals surface area contributed by atoms with Crippen LogP contribution in [-0.2, 0) is 17.6 Å². The predicted octanol–water partition coefficient (Wildman–Crippen LogP) is 4.13. The molecule has 0 saturated carbocycles. The van der Waals surface area contributed by atoms with Crippen LogP contribution in [0.3, 0.4) is 0 Å². The van der Waals surface area contributed by atoms with Gasteiger partial charge in [0, 0.05) is 17.2 Å². The third-order valence-corrected chi connectivity index (χ3v) is 6.52. The van der Waals surface area contributed by atoms with E-state index in [0.717, 1.165) is 23.4 Å². The zero-order valence-electron chi connectivity index (χ0n) is 15.3. The van der Waals surface area contributed by atoms with Gasteiger partial charge in [-0.3, -0.25) is 4.79 Å². The number of anilines is 1. The predicted molar refractivity (Wildman–Crippen MR) is 102 cm³/mol. The molecule has 0 bridgehead atoms. The normalized spacial score (nSPS) is 18.6. The van der Waals surface area contributed by atoms with Crippen LogP contribution in [-0.4, -0.2) is 27.2 Å². The van der Waals surface area contributed by atoms with E-state index in [1.165, 1.54) is 28.8 Å². The van der Waals surface area contributed by atoms with Gasteiger partial charge in [-0.2, -0.15) is 0 Å². The van der Waals surface area contributed by atoms with Gasteiger partial charge in [-0.25, -0.2) is 0 Å². The lowest BCUT2D eigenvalue weighted by molar-refractivity contribution is -0.116. The molecule has 1 atom stereocenters. The number of carbonyl (C=O) groups is 1. The fourth-order valence-electron chi connectivity index (χ4n) is 4.10. The molecule has 1 aromatic heterocycles. The Kier molecular flexibility index (Phi) is 4.53. The molecule has 1 N–H and O–H groups in total. The smallest absolute Gasteiger partial charge is 0.225 e. The topological polar surface area (TPSA) is 56.8 Å². The third-order valence-electron chi connectivity index (χ3n) is 5.29. The number of amides is 1. The van der Waals surface area contributed by atoms with Crippen molar-refractivity contribution in [1.82, 2.24) is 0 Å². The number of carbonyl (C=O) groups excluding carboxylic acids is 1. The highest BCUT2D eigenvalue weighted by Crippen LogP contribution is 2.50. The Morgan fingerprint density at radius 3 is 2.38 bits per heavy atom. The van der Waals surface area contributed by atoms with E-state index in [1.54, 1.807) is 32.7 Å². The van der Waals surface area contributed by atoms with Crippen molar-refractivity contribution in [3.8, 4) is 17.2 Å². The quantitative estimate of drug-likeness (QED) is 0.876. The van der Waals surface area contributed by atoms with Crippen LogP contribution in [0, 0.1) is 0 Å². The lowest BCUT2D eigenvalue weighted by Gasteiger charge is -2.26. The third kappa shape index (κ3) is 2.72. The Morgan fingerprint density at radius 1 is 1.04 bits per heavy atom. The van der Waals surface area contributed by atoms with Gasteiger partial charge in [-0.1, -0.05) is 0 Å². The van der Waals surface area contributed by atoms with Crippen molar-refractivity contribution in [2.75, 3.05) is 26.6 Å². The monoisotopic (exact) mass is 373 g/mol. The molecule has 2 aliphatic rings. The maximum atomic E-state index is 12.4. The zero-order valence-corrected chi connectivity index (χ0v) is 16.1. The summed E-state index contributed by atoms with van der Waals surface area (Å²) in [6.45, 7) is 0. The van der Waals surface area contributed by atoms with Crippen LogP contribution in [0.4, 0.5) is 5.00 Å². The van der Waals surface area contributed by atoms with Crippen LogP contribution in [0.2, 0.25) is 0 Å². The molecule has 4 rings (SSSR count). The number of nitrogens with one attached hydrogen (secondary N) is 1. The van der Waals surface area contributed by atoms with Gasteiger partial charge in [0.2, 0.25) is 11.7 Å². The molecule has 0 fully saturated rings. The summed E-state index contributed by atoms with van der Waals surface area (Å²) >= 11 is 1.75. The lowest BCUT2D eigenvalue weighted by Crippen LogP contribution is -2.23. The van der Waals surface area contributed by atoms with Gasteiger partial charge in [0.15, 0.2) is 11.5 Å². The first-order chi connectivity index (χ1) is 12.7. The summed E-state index contributed by atoms with van der Waals surface area (Å²) in [6, 6.07) is 3.95. The molecule has 1 unspecified atom stereocenters. The van der Waals surface area contributed by atoms with Gasteiger partial charge in [0.05, 0.1) is 26.3 Å². The van der Waals surface area contributed by atoms with Gasteiger partial charge in [-0.15, -0.1) is 11.3 Å². The molecule has 1 aliphatic carbocycles. The fourth-order valence-corrected chi connectivity index (χ4v) is 5.47. The Balaban J connectivity index is 1.87. The van der Waals surface area contributed by atoms with E-state index < -0.39 is 0 Å². The second-order valence-electron chi connectivity index (χ2n) is 6.72. The Hall–Kier alpha value is -2.21. The molecule has 2 aromatic rings. The number of hydrogen-bond acceptors (Lipinski definition) is 5. The molecular formula is C20H23NO4S. The van der Waals surface area contributed by atoms with Gasteiger partial charge < -0.3 is 19.5 Å². The first-order valence-electron chi connectivity index (χ1n) is 8.90. The molecule has 0 saturated heterocycles. The highest BCUT2D eigenvalue weighted by molar-refractivity contribution is 7.16. The number of benzene rings is 1. The number of methoxy groups -OCH3 is 3. The molecule has 138 valence electrons. The van der Waals surface area contributed by atoms with Crippen LogP contribution >= 0.6 is 11.3 Å². The summed E-state index contributed by atoms with van der Waals surface area (Å²) < 4.78 is 16.5. The fraction of sp³-hybridized carbons (Fsp3) is 0.450. The van der Waals surface area contributed by atoms with Crippen LogP contribution in [0.25, 0.3) is 0 Å².